The van der Waals surface area contributed by atoms with Gasteiger partial charge in [-0.25, -0.2) is 13.1 Å². The van der Waals surface area contributed by atoms with E-state index in [1.165, 1.54) is 0 Å². The molecule has 2 rings (SSSR count). The fourth-order valence-electron chi connectivity index (χ4n) is 1.55. The number of aromatic hydroxyl groups is 1. The Morgan fingerprint density at radius 3 is 2.70 bits per heavy atom. The summed E-state index contributed by atoms with van der Waals surface area (Å²) < 4.78 is 26.3. The summed E-state index contributed by atoms with van der Waals surface area (Å²) in [7, 11) is -3.89. The highest BCUT2D eigenvalue weighted by atomic mass is 32.2. The molecule has 0 saturated carbocycles. The summed E-state index contributed by atoms with van der Waals surface area (Å²) in [5, 5.41) is 20.0. The highest BCUT2D eigenvalue weighted by Crippen LogP contribution is 2.28. The van der Waals surface area contributed by atoms with Crippen LogP contribution in [0.2, 0.25) is 0 Å². The molecule has 0 atom stereocenters. The second-order valence-electron chi connectivity index (χ2n) is 3.95. The van der Waals surface area contributed by atoms with Crippen LogP contribution < -0.4 is 4.72 Å². The number of phenolic OH excluding ortho intramolecular Hbond substituents is 1. The monoisotopic (exact) mass is 297 g/mol. The van der Waals surface area contributed by atoms with Gasteiger partial charge in [-0.15, -0.1) is 0 Å². The molecule has 1 aromatic carbocycles. The Kier molecular flexibility index (Phi) is 3.72. The van der Waals surface area contributed by atoms with Crippen molar-refractivity contribution in [1.29, 1.82) is 0 Å². The highest BCUT2D eigenvalue weighted by molar-refractivity contribution is 7.89. The van der Waals surface area contributed by atoms with Gasteiger partial charge in [0.25, 0.3) is 0 Å². The number of hydrogen-bond acceptors (Lipinski definition) is 5. The summed E-state index contributed by atoms with van der Waals surface area (Å²) in [6.45, 7) is 0.0561. The molecule has 1 heterocycles. The molecule has 9 heteroatoms. The van der Waals surface area contributed by atoms with Gasteiger partial charge in [-0.05, 0) is 23.8 Å². The second-order valence-corrected chi connectivity index (χ2v) is 5.72. The average molecular weight is 297 g/mol. The Labute approximate surface area is 114 Å². The first-order chi connectivity index (χ1) is 9.40. The van der Waals surface area contributed by atoms with Crippen LogP contribution in [0.25, 0.3) is 0 Å². The van der Waals surface area contributed by atoms with Gasteiger partial charge >= 0.3 is 5.69 Å². The molecule has 0 spiro atoms. The summed E-state index contributed by atoms with van der Waals surface area (Å²) in [5.74, 6) is -0.584. The van der Waals surface area contributed by atoms with Crippen LogP contribution >= 0.6 is 0 Å². The number of nitro groups is 1. The van der Waals surface area contributed by atoms with Gasteiger partial charge in [0.15, 0.2) is 5.75 Å². The fourth-order valence-corrected chi connectivity index (χ4v) is 2.58. The number of H-pyrrole nitrogens is 1. The van der Waals surface area contributed by atoms with E-state index in [1.807, 2.05) is 0 Å². The quantitative estimate of drug-likeness (QED) is 0.563. The lowest BCUT2D eigenvalue weighted by Crippen LogP contribution is -2.23. The summed E-state index contributed by atoms with van der Waals surface area (Å²) in [5.41, 5.74) is 0.0661. The third-order valence-electron chi connectivity index (χ3n) is 2.58. The molecule has 0 saturated heterocycles. The van der Waals surface area contributed by atoms with Crippen molar-refractivity contribution in [2.24, 2.45) is 0 Å². The Morgan fingerprint density at radius 2 is 2.10 bits per heavy atom. The summed E-state index contributed by atoms with van der Waals surface area (Å²) in [6, 6.07) is 4.58. The minimum Gasteiger partial charge on any atom is -0.502 e. The molecule has 0 amide bonds. The van der Waals surface area contributed by atoms with Crippen molar-refractivity contribution in [3.8, 4) is 5.75 Å². The lowest BCUT2D eigenvalue weighted by Gasteiger charge is -2.06. The van der Waals surface area contributed by atoms with Crippen molar-refractivity contribution in [3.05, 3.63) is 52.3 Å². The number of sulfonamides is 1. The van der Waals surface area contributed by atoms with E-state index >= 15 is 0 Å². The molecule has 0 fully saturated rings. The third-order valence-corrected chi connectivity index (χ3v) is 3.98. The highest BCUT2D eigenvalue weighted by Gasteiger charge is 2.20. The maximum atomic E-state index is 12.0. The number of nitro benzene ring substituents is 1. The van der Waals surface area contributed by atoms with E-state index in [1.54, 1.807) is 18.5 Å². The van der Waals surface area contributed by atoms with E-state index < -0.39 is 26.4 Å². The minimum absolute atomic E-state index is 0.0561. The molecule has 20 heavy (non-hydrogen) atoms. The van der Waals surface area contributed by atoms with Crippen LogP contribution in [0.3, 0.4) is 0 Å². The normalized spacial score (nSPS) is 11.4. The number of hydrogen-bond donors (Lipinski definition) is 3. The number of phenols is 1. The largest absolute Gasteiger partial charge is 0.502 e. The van der Waals surface area contributed by atoms with Gasteiger partial charge < -0.3 is 10.1 Å². The predicted octanol–water partition coefficient (Wildman–Crippen LogP) is 1.11. The third kappa shape index (κ3) is 2.95. The van der Waals surface area contributed by atoms with Gasteiger partial charge in [-0.1, -0.05) is 0 Å². The van der Waals surface area contributed by atoms with Crippen molar-refractivity contribution in [2.45, 2.75) is 11.4 Å². The molecule has 2 aromatic rings. The number of nitrogens with one attached hydrogen (secondary N) is 2. The summed E-state index contributed by atoms with van der Waals surface area (Å²) in [6.07, 6.45) is 3.27. The van der Waals surface area contributed by atoms with Gasteiger partial charge in [-0.2, -0.15) is 0 Å². The topological polar surface area (TPSA) is 125 Å². The molecule has 1 aromatic heterocycles. The molecule has 0 radical (unpaired) electrons. The van der Waals surface area contributed by atoms with Crippen LogP contribution in [0.1, 0.15) is 5.56 Å². The average Bonchev–Trinajstić information content (AvgIpc) is 2.89. The fraction of sp³-hybridized carbons (Fsp3) is 0.0909. The molecule has 106 valence electrons. The lowest BCUT2D eigenvalue weighted by molar-refractivity contribution is -0.386. The molecule has 8 nitrogen and oxygen atoms in total. The van der Waals surface area contributed by atoms with E-state index in [2.05, 4.69) is 9.71 Å². The Hall–Kier alpha value is -2.39. The zero-order valence-corrected chi connectivity index (χ0v) is 10.9. The van der Waals surface area contributed by atoms with E-state index in [9.17, 15) is 23.6 Å². The van der Waals surface area contributed by atoms with E-state index in [0.29, 0.717) is 0 Å². The zero-order valence-electron chi connectivity index (χ0n) is 10.1. The first-order valence-corrected chi connectivity index (χ1v) is 6.97. The minimum atomic E-state index is -3.89. The molecule has 0 aliphatic heterocycles. The number of aromatic amines is 1. The van der Waals surface area contributed by atoms with Crippen molar-refractivity contribution in [1.82, 2.24) is 9.71 Å². The maximum absolute atomic E-state index is 12.0. The Balaban J connectivity index is 2.25. The molecule has 0 bridgehead atoms. The van der Waals surface area contributed by atoms with Crippen molar-refractivity contribution in [3.63, 3.8) is 0 Å². The number of benzene rings is 1. The zero-order chi connectivity index (χ0) is 14.8. The van der Waals surface area contributed by atoms with Crippen LogP contribution in [0.5, 0.6) is 5.75 Å². The predicted molar refractivity (Wildman–Crippen MR) is 69.6 cm³/mol. The van der Waals surface area contributed by atoms with Gasteiger partial charge in [0.2, 0.25) is 10.0 Å². The van der Waals surface area contributed by atoms with Crippen LogP contribution in [0.4, 0.5) is 5.69 Å². The molecular formula is C11H11N3O5S. The molecule has 0 aliphatic carbocycles. The SMILES string of the molecule is O=[N+]([O-])c1cc(S(=O)(=O)NCc2cc[nH]c2)ccc1O. The smallest absolute Gasteiger partial charge is 0.312 e. The Morgan fingerprint density at radius 1 is 1.35 bits per heavy atom. The lowest BCUT2D eigenvalue weighted by atomic mass is 10.3. The van der Waals surface area contributed by atoms with E-state index in [4.69, 9.17) is 0 Å². The standard InChI is InChI=1S/C11H11N3O5S/c15-11-2-1-9(5-10(11)14(16)17)20(18,19)13-7-8-3-4-12-6-8/h1-6,12-13,15H,7H2. The van der Waals surface area contributed by atoms with Crippen molar-refractivity contribution < 1.29 is 18.4 Å². The van der Waals surface area contributed by atoms with Gasteiger partial charge in [0.05, 0.1) is 9.82 Å². The summed E-state index contributed by atoms with van der Waals surface area (Å²) >= 11 is 0. The molecule has 0 unspecified atom stereocenters. The van der Waals surface area contributed by atoms with Crippen LogP contribution in [0, 0.1) is 10.1 Å². The van der Waals surface area contributed by atoms with Crippen LogP contribution in [0.15, 0.2) is 41.6 Å². The molecular weight excluding hydrogens is 286 g/mol. The summed E-state index contributed by atoms with van der Waals surface area (Å²) in [4.78, 5) is 12.3. The number of nitrogens with zero attached hydrogens (tertiary/aromatic N) is 1. The molecule has 3 N–H and O–H groups in total. The maximum Gasteiger partial charge on any atom is 0.312 e. The van der Waals surface area contributed by atoms with Crippen LogP contribution in [-0.4, -0.2) is 23.4 Å². The van der Waals surface area contributed by atoms with Gasteiger partial charge in [-0.3, -0.25) is 10.1 Å². The second kappa shape index (κ2) is 5.31. The number of rotatable bonds is 5. The van der Waals surface area contributed by atoms with E-state index in [-0.39, 0.29) is 11.4 Å². The first kappa shape index (κ1) is 14.0. The van der Waals surface area contributed by atoms with Crippen molar-refractivity contribution in [2.75, 3.05) is 0 Å². The van der Waals surface area contributed by atoms with Crippen LogP contribution in [-0.2, 0) is 16.6 Å². The van der Waals surface area contributed by atoms with Gasteiger partial charge in [0.1, 0.15) is 0 Å². The first-order valence-electron chi connectivity index (χ1n) is 5.49. The number of aromatic nitrogens is 1. The van der Waals surface area contributed by atoms with Crippen molar-refractivity contribution >= 4 is 15.7 Å². The van der Waals surface area contributed by atoms with E-state index in [0.717, 1.165) is 23.8 Å². The molecule has 0 aliphatic rings. The van der Waals surface area contributed by atoms with Gasteiger partial charge in [0, 0.05) is 25.0 Å². The Bertz CT molecular complexity index is 725.